The van der Waals surface area contributed by atoms with E-state index < -0.39 is 10.0 Å². The van der Waals surface area contributed by atoms with Gasteiger partial charge in [-0.25, -0.2) is 13.1 Å². The Labute approximate surface area is 104 Å². The van der Waals surface area contributed by atoms with Gasteiger partial charge in [0, 0.05) is 12.6 Å². The van der Waals surface area contributed by atoms with Gasteiger partial charge in [0.15, 0.2) is 0 Å². The summed E-state index contributed by atoms with van der Waals surface area (Å²) in [5.41, 5.74) is 5.63. The van der Waals surface area contributed by atoms with Crippen molar-refractivity contribution < 1.29 is 8.42 Å². The molecule has 100 valence electrons. The van der Waals surface area contributed by atoms with Crippen LogP contribution in [0.25, 0.3) is 0 Å². The molecule has 4 nitrogen and oxygen atoms in total. The summed E-state index contributed by atoms with van der Waals surface area (Å²) in [6, 6.07) is -0.0245. The van der Waals surface area contributed by atoms with E-state index in [1.807, 2.05) is 0 Å². The Morgan fingerprint density at radius 2 is 1.76 bits per heavy atom. The summed E-state index contributed by atoms with van der Waals surface area (Å²) in [7, 11) is -3.13. The lowest BCUT2D eigenvalue weighted by Crippen LogP contribution is -2.43. The topological polar surface area (TPSA) is 72.2 Å². The number of hydrogen-bond donors (Lipinski definition) is 2. The van der Waals surface area contributed by atoms with E-state index in [0.29, 0.717) is 24.1 Å². The van der Waals surface area contributed by atoms with Gasteiger partial charge in [-0.05, 0) is 37.5 Å². The van der Waals surface area contributed by atoms with Gasteiger partial charge in [0.2, 0.25) is 10.0 Å². The van der Waals surface area contributed by atoms with Gasteiger partial charge in [0.25, 0.3) is 0 Å². The smallest absolute Gasteiger partial charge is 0.212 e. The molecule has 0 heterocycles. The van der Waals surface area contributed by atoms with Gasteiger partial charge >= 0.3 is 0 Å². The van der Waals surface area contributed by atoms with Crippen LogP contribution in [0.1, 0.15) is 44.9 Å². The van der Waals surface area contributed by atoms with Gasteiger partial charge in [0.05, 0.1) is 5.75 Å². The molecule has 2 fully saturated rings. The molecule has 3 N–H and O–H groups in total. The summed E-state index contributed by atoms with van der Waals surface area (Å²) in [6.45, 7) is 0.425. The van der Waals surface area contributed by atoms with Crippen LogP contribution >= 0.6 is 0 Å². The zero-order valence-corrected chi connectivity index (χ0v) is 11.2. The van der Waals surface area contributed by atoms with E-state index in [2.05, 4.69) is 4.72 Å². The zero-order chi connectivity index (χ0) is 12.3. The standard InChI is InChI=1S/C12H24N2O2S/c13-8-12(11-6-7-11)14-17(15,16)9-10-4-2-1-3-5-10/h10-12,14H,1-9,13H2. The van der Waals surface area contributed by atoms with Crippen LogP contribution in [-0.2, 0) is 10.0 Å². The van der Waals surface area contributed by atoms with Crippen molar-refractivity contribution in [3.8, 4) is 0 Å². The van der Waals surface area contributed by atoms with Gasteiger partial charge < -0.3 is 5.73 Å². The van der Waals surface area contributed by atoms with Gasteiger partial charge in [-0.3, -0.25) is 0 Å². The molecule has 0 aliphatic heterocycles. The Hall–Kier alpha value is -0.130. The van der Waals surface area contributed by atoms with E-state index in [9.17, 15) is 8.42 Å². The summed E-state index contributed by atoms with van der Waals surface area (Å²) in [5.74, 6) is 1.15. The normalized spacial score (nSPS) is 24.8. The predicted molar refractivity (Wildman–Crippen MR) is 69.1 cm³/mol. The maximum atomic E-state index is 12.0. The average Bonchev–Trinajstić information content (AvgIpc) is 3.10. The Morgan fingerprint density at radius 3 is 2.29 bits per heavy atom. The molecule has 0 aromatic heterocycles. The summed E-state index contributed by atoms with van der Waals surface area (Å²) in [5, 5.41) is 0. The molecule has 0 aromatic carbocycles. The van der Waals surface area contributed by atoms with E-state index in [1.165, 1.54) is 19.3 Å². The highest BCUT2D eigenvalue weighted by molar-refractivity contribution is 7.89. The fourth-order valence-corrected chi connectivity index (χ4v) is 4.58. The highest BCUT2D eigenvalue weighted by atomic mass is 32.2. The third-order valence-corrected chi connectivity index (χ3v) is 5.53. The lowest BCUT2D eigenvalue weighted by atomic mass is 9.91. The first-order valence-electron chi connectivity index (χ1n) is 6.81. The monoisotopic (exact) mass is 260 g/mol. The van der Waals surface area contributed by atoms with Crippen LogP contribution in [0.2, 0.25) is 0 Å². The fraction of sp³-hybridized carbons (Fsp3) is 1.00. The van der Waals surface area contributed by atoms with Crippen LogP contribution in [0, 0.1) is 11.8 Å². The Balaban J connectivity index is 1.84. The van der Waals surface area contributed by atoms with Crippen molar-refractivity contribution in [1.29, 1.82) is 0 Å². The molecule has 0 spiro atoms. The van der Waals surface area contributed by atoms with Crippen LogP contribution in [0.15, 0.2) is 0 Å². The summed E-state index contributed by atoms with van der Waals surface area (Å²) in [6.07, 6.45) is 8.00. The first kappa shape index (κ1) is 13.3. The third kappa shape index (κ3) is 4.23. The van der Waals surface area contributed by atoms with Gasteiger partial charge in [0.1, 0.15) is 0 Å². The minimum atomic E-state index is -3.13. The van der Waals surface area contributed by atoms with Gasteiger partial charge in [-0.15, -0.1) is 0 Å². The molecule has 0 aromatic rings. The Kier molecular flexibility index (Phi) is 4.44. The third-order valence-electron chi connectivity index (χ3n) is 3.96. The molecule has 1 atom stereocenters. The minimum absolute atomic E-state index is 0.0245. The van der Waals surface area contributed by atoms with Crippen molar-refractivity contribution in [2.45, 2.75) is 51.0 Å². The SMILES string of the molecule is NCC(NS(=O)(=O)CC1CCCCC1)C1CC1. The average molecular weight is 260 g/mol. The number of hydrogen-bond acceptors (Lipinski definition) is 3. The lowest BCUT2D eigenvalue weighted by molar-refractivity contribution is 0.382. The summed E-state index contributed by atoms with van der Waals surface area (Å²) in [4.78, 5) is 0. The fourth-order valence-electron chi connectivity index (χ4n) is 2.78. The van der Waals surface area contributed by atoms with Crippen LogP contribution in [0.3, 0.4) is 0 Å². The highest BCUT2D eigenvalue weighted by Gasteiger charge is 2.33. The molecule has 0 amide bonds. The van der Waals surface area contributed by atoms with Gasteiger partial charge in [-0.2, -0.15) is 0 Å². The minimum Gasteiger partial charge on any atom is -0.329 e. The van der Waals surface area contributed by atoms with E-state index >= 15 is 0 Å². The summed E-state index contributed by atoms with van der Waals surface area (Å²) < 4.78 is 26.9. The number of sulfonamides is 1. The molecule has 2 aliphatic rings. The number of nitrogens with one attached hydrogen (secondary N) is 1. The van der Waals surface area contributed by atoms with Crippen molar-refractivity contribution in [3.05, 3.63) is 0 Å². The molecule has 2 aliphatic carbocycles. The number of rotatable bonds is 6. The van der Waals surface area contributed by atoms with Crippen molar-refractivity contribution in [1.82, 2.24) is 4.72 Å². The second kappa shape index (κ2) is 5.67. The Morgan fingerprint density at radius 1 is 1.12 bits per heavy atom. The van der Waals surface area contributed by atoms with Crippen LogP contribution < -0.4 is 10.5 Å². The molecule has 1 unspecified atom stereocenters. The molecule has 0 saturated heterocycles. The second-order valence-electron chi connectivity index (χ2n) is 5.58. The van der Waals surface area contributed by atoms with E-state index in [4.69, 9.17) is 5.73 Å². The maximum Gasteiger partial charge on any atom is 0.212 e. The van der Waals surface area contributed by atoms with Crippen molar-refractivity contribution in [2.24, 2.45) is 17.6 Å². The number of nitrogens with two attached hydrogens (primary N) is 1. The lowest BCUT2D eigenvalue weighted by Gasteiger charge is -2.23. The Bertz CT molecular complexity index is 332. The van der Waals surface area contributed by atoms with E-state index in [0.717, 1.165) is 25.7 Å². The largest absolute Gasteiger partial charge is 0.329 e. The second-order valence-corrected chi connectivity index (χ2v) is 7.38. The highest BCUT2D eigenvalue weighted by Crippen LogP contribution is 2.33. The van der Waals surface area contributed by atoms with Crippen LogP contribution in [0.5, 0.6) is 0 Å². The quantitative estimate of drug-likeness (QED) is 0.754. The molecular weight excluding hydrogens is 236 g/mol. The molecule has 17 heavy (non-hydrogen) atoms. The van der Waals surface area contributed by atoms with Crippen LogP contribution in [0.4, 0.5) is 0 Å². The molecule has 0 radical (unpaired) electrons. The van der Waals surface area contributed by atoms with Gasteiger partial charge in [-0.1, -0.05) is 19.3 Å². The van der Waals surface area contributed by atoms with Crippen LogP contribution in [-0.4, -0.2) is 26.8 Å². The zero-order valence-electron chi connectivity index (χ0n) is 10.4. The van der Waals surface area contributed by atoms with Crippen molar-refractivity contribution in [2.75, 3.05) is 12.3 Å². The molecule has 2 saturated carbocycles. The molecule has 2 rings (SSSR count). The maximum absolute atomic E-state index is 12.0. The molecular formula is C12H24N2O2S. The van der Waals surface area contributed by atoms with E-state index in [1.54, 1.807) is 0 Å². The molecule has 0 bridgehead atoms. The summed E-state index contributed by atoms with van der Waals surface area (Å²) >= 11 is 0. The predicted octanol–water partition coefficient (Wildman–Crippen LogP) is 1.22. The first-order chi connectivity index (χ1) is 8.11. The van der Waals surface area contributed by atoms with E-state index in [-0.39, 0.29) is 6.04 Å². The first-order valence-corrected chi connectivity index (χ1v) is 8.46. The molecule has 5 heteroatoms. The van der Waals surface area contributed by atoms with Crippen molar-refractivity contribution in [3.63, 3.8) is 0 Å². The van der Waals surface area contributed by atoms with Crippen molar-refractivity contribution >= 4 is 10.0 Å².